The number of piperidine rings is 1. The Hall–Kier alpha value is -3.02. The number of benzene rings is 1. The Morgan fingerprint density at radius 1 is 1.14 bits per heavy atom. The maximum absolute atomic E-state index is 13.3. The minimum atomic E-state index is -0.364. The molecule has 1 aliphatic heterocycles. The number of aromatic nitrogens is 2. The average Bonchev–Trinajstić information content (AvgIpc) is 2.70. The molecule has 0 spiro atoms. The number of pyridine rings is 2. The highest BCUT2D eigenvalue weighted by Crippen LogP contribution is 2.23. The Morgan fingerprint density at radius 2 is 1.83 bits per heavy atom. The maximum atomic E-state index is 13.3. The SMILES string of the molecule is C[C@@H]1C[C@H](C)CN(C(=O)c2cc3cccnc3n(Cc3ccc(F)cc3)c2=O)C1. The highest BCUT2D eigenvalue weighted by Gasteiger charge is 2.28. The van der Waals surface area contributed by atoms with Gasteiger partial charge in [0.25, 0.3) is 11.5 Å². The molecule has 0 N–H and O–H groups in total. The summed E-state index contributed by atoms with van der Waals surface area (Å²) in [6, 6.07) is 11.3. The smallest absolute Gasteiger partial charge is 0.265 e. The Morgan fingerprint density at radius 3 is 2.52 bits per heavy atom. The largest absolute Gasteiger partial charge is 0.338 e. The van der Waals surface area contributed by atoms with E-state index >= 15 is 0 Å². The van der Waals surface area contributed by atoms with Gasteiger partial charge in [-0.2, -0.15) is 0 Å². The van der Waals surface area contributed by atoms with Crippen LogP contribution in [0.15, 0.2) is 53.5 Å². The molecule has 1 aromatic carbocycles. The molecule has 3 aromatic rings. The van der Waals surface area contributed by atoms with Crippen LogP contribution in [0.25, 0.3) is 11.0 Å². The number of rotatable bonds is 3. The molecule has 4 rings (SSSR count). The van der Waals surface area contributed by atoms with Crippen LogP contribution in [0, 0.1) is 17.7 Å². The molecule has 3 heterocycles. The van der Waals surface area contributed by atoms with Gasteiger partial charge < -0.3 is 4.90 Å². The summed E-state index contributed by atoms with van der Waals surface area (Å²) < 4.78 is 14.8. The average molecular weight is 393 g/mol. The van der Waals surface area contributed by atoms with Crippen LogP contribution in [0.3, 0.4) is 0 Å². The van der Waals surface area contributed by atoms with Crippen molar-refractivity contribution in [3.05, 3.63) is 76.0 Å². The standard InChI is InChI=1S/C23H24FN3O2/c1-15-10-16(2)13-26(12-15)22(28)20-11-18-4-3-9-25-21(18)27(23(20)29)14-17-5-7-19(24)8-6-17/h3-9,11,15-16H,10,12-14H2,1-2H3/t15-,16+. The predicted molar refractivity (Wildman–Crippen MR) is 110 cm³/mol. The lowest BCUT2D eigenvalue weighted by atomic mass is 9.91. The van der Waals surface area contributed by atoms with Crippen LogP contribution >= 0.6 is 0 Å². The summed E-state index contributed by atoms with van der Waals surface area (Å²) in [4.78, 5) is 32.7. The van der Waals surface area contributed by atoms with Gasteiger partial charge in [0.05, 0.1) is 6.54 Å². The van der Waals surface area contributed by atoms with Gasteiger partial charge in [0, 0.05) is 24.7 Å². The van der Waals surface area contributed by atoms with E-state index in [9.17, 15) is 14.0 Å². The summed E-state index contributed by atoms with van der Waals surface area (Å²) in [5, 5.41) is 0.732. The third-order valence-corrected chi connectivity index (χ3v) is 5.49. The molecule has 0 aliphatic carbocycles. The third-order valence-electron chi connectivity index (χ3n) is 5.49. The summed E-state index contributed by atoms with van der Waals surface area (Å²) in [6.07, 6.45) is 2.71. The molecular formula is C23H24FN3O2. The molecule has 0 radical (unpaired) electrons. The van der Waals surface area contributed by atoms with Gasteiger partial charge in [-0.15, -0.1) is 0 Å². The number of nitrogens with zero attached hydrogens (tertiary/aromatic N) is 3. The molecule has 2 atom stereocenters. The van der Waals surface area contributed by atoms with Crippen molar-refractivity contribution in [2.24, 2.45) is 11.8 Å². The zero-order valence-electron chi connectivity index (χ0n) is 16.6. The second kappa shape index (κ2) is 7.78. The van der Waals surface area contributed by atoms with E-state index in [2.05, 4.69) is 18.8 Å². The molecular weight excluding hydrogens is 369 g/mol. The molecule has 1 saturated heterocycles. The van der Waals surface area contributed by atoms with Gasteiger partial charge >= 0.3 is 0 Å². The zero-order valence-corrected chi connectivity index (χ0v) is 16.6. The van der Waals surface area contributed by atoms with E-state index in [0.29, 0.717) is 30.6 Å². The van der Waals surface area contributed by atoms with Gasteiger partial charge in [0.15, 0.2) is 0 Å². The van der Waals surface area contributed by atoms with Gasteiger partial charge in [-0.1, -0.05) is 26.0 Å². The van der Waals surface area contributed by atoms with Crippen LogP contribution in [0.4, 0.5) is 4.39 Å². The quantitative estimate of drug-likeness (QED) is 0.682. The summed E-state index contributed by atoms with van der Waals surface area (Å²) in [6.45, 7) is 5.80. The minimum Gasteiger partial charge on any atom is -0.338 e. The summed E-state index contributed by atoms with van der Waals surface area (Å²) in [7, 11) is 0. The fourth-order valence-electron chi connectivity index (χ4n) is 4.28. The van der Waals surface area contributed by atoms with Crippen LogP contribution in [-0.4, -0.2) is 33.4 Å². The van der Waals surface area contributed by atoms with Crippen LogP contribution in [-0.2, 0) is 6.54 Å². The van der Waals surface area contributed by atoms with Gasteiger partial charge in [0.2, 0.25) is 0 Å². The Bertz CT molecular complexity index is 1100. The van der Waals surface area contributed by atoms with Crippen molar-refractivity contribution in [2.75, 3.05) is 13.1 Å². The molecule has 5 nitrogen and oxygen atoms in total. The highest BCUT2D eigenvalue weighted by molar-refractivity contribution is 5.97. The van der Waals surface area contributed by atoms with Crippen molar-refractivity contribution >= 4 is 16.9 Å². The lowest BCUT2D eigenvalue weighted by molar-refractivity contribution is 0.0621. The van der Waals surface area contributed by atoms with E-state index in [1.54, 1.807) is 35.4 Å². The van der Waals surface area contributed by atoms with E-state index in [-0.39, 0.29) is 29.4 Å². The lowest BCUT2D eigenvalue weighted by Gasteiger charge is -2.35. The molecule has 6 heteroatoms. The van der Waals surface area contributed by atoms with E-state index < -0.39 is 0 Å². The van der Waals surface area contributed by atoms with Crippen molar-refractivity contribution in [3.63, 3.8) is 0 Å². The van der Waals surface area contributed by atoms with Crippen LogP contribution in [0.5, 0.6) is 0 Å². The van der Waals surface area contributed by atoms with Crippen molar-refractivity contribution in [2.45, 2.75) is 26.8 Å². The number of halogens is 1. The van der Waals surface area contributed by atoms with Gasteiger partial charge in [0.1, 0.15) is 17.0 Å². The molecule has 0 unspecified atom stereocenters. The third kappa shape index (κ3) is 3.92. The summed E-state index contributed by atoms with van der Waals surface area (Å²) >= 11 is 0. The number of likely N-dealkylation sites (tertiary alicyclic amines) is 1. The topological polar surface area (TPSA) is 55.2 Å². The fourth-order valence-corrected chi connectivity index (χ4v) is 4.28. The minimum absolute atomic E-state index is 0.161. The van der Waals surface area contributed by atoms with E-state index in [1.165, 1.54) is 16.7 Å². The van der Waals surface area contributed by atoms with Crippen LogP contribution in [0.1, 0.15) is 36.2 Å². The first kappa shape index (κ1) is 19.3. The molecule has 29 heavy (non-hydrogen) atoms. The first-order chi connectivity index (χ1) is 13.9. The second-order valence-electron chi connectivity index (χ2n) is 8.15. The molecule has 2 aromatic heterocycles. The van der Waals surface area contributed by atoms with Crippen molar-refractivity contribution in [1.29, 1.82) is 0 Å². The zero-order chi connectivity index (χ0) is 20.5. The normalized spacial score (nSPS) is 19.5. The molecule has 150 valence electrons. The number of amides is 1. The Kier molecular flexibility index (Phi) is 5.18. The molecule has 1 aliphatic rings. The van der Waals surface area contributed by atoms with Crippen LogP contribution in [0.2, 0.25) is 0 Å². The number of hydrogen-bond donors (Lipinski definition) is 0. The highest BCUT2D eigenvalue weighted by atomic mass is 19.1. The van der Waals surface area contributed by atoms with E-state index in [0.717, 1.165) is 17.4 Å². The first-order valence-electron chi connectivity index (χ1n) is 9.94. The number of fused-ring (bicyclic) bond motifs is 1. The summed E-state index contributed by atoms with van der Waals surface area (Å²) in [5.74, 6) is 0.255. The summed E-state index contributed by atoms with van der Waals surface area (Å²) in [5.41, 5.74) is 1.08. The maximum Gasteiger partial charge on any atom is 0.265 e. The number of carbonyl (C=O) groups excluding carboxylic acids is 1. The van der Waals surface area contributed by atoms with Crippen molar-refractivity contribution in [1.82, 2.24) is 14.5 Å². The molecule has 1 amide bonds. The van der Waals surface area contributed by atoms with Gasteiger partial charge in [-0.05, 0) is 54.2 Å². The Balaban J connectivity index is 1.79. The fraction of sp³-hybridized carbons (Fsp3) is 0.348. The second-order valence-corrected chi connectivity index (χ2v) is 8.15. The number of carbonyl (C=O) groups is 1. The van der Waals surface area contributed by atoms with Crippen LogP contribution < -0.4 is 5.56 Å². The Labute approximate surface area is 168 Å². The molecule has 0 saturated carbocycles. The predicted octanol–water partition coefficient (Wildman–Crippen LogP) is 3.70. The molecule has 1 fully saturated rings. The van der Waals surface area contributed by atoms with E-state index in [4.69, 9.17) is 0 Å². The van der Waals surface area contributed by atoms with Gasteiger partial charge in [-0.3, -0.25) is 14.2 Å². The van der Waals surface area contributed by atoms with Crippen molar-refractivity contribution < 1.29 is 9.18 Å². The first-order valence-corrected chi connectivity index (χ1v) is 9.94. The van der Waals surface area contributed by atoms with Gasteiger partial charge in [-0.25, -0.2) is 9.37 Å². The lowest BCUT2D eigenvalue weighted by Crippen LogP contribution is -2.44. The van der Waals surface area contributed by atoms with E-state index in [1.807, 2.05) is 6.07 Å². The molecule has 0 bridgehead atoms. The monoisotopic (exact) mass is 393 g/mol. The van der Waals surface area contributed by atoms with Crippen molar-refractivity contribution in [3.8, 4) is 0 Å². The number of hydrogen-bond acceptors (Lipinski definition) is 3.